The van der Waals surface area contributed by atoms with E-state index in [1.807, 2.05) is 0 Å². The Bertz CT molecular complexity index is 454. The summed E-state index contributed by atoms with van der Waals surface area (Å²) in [7, 11) is 0. The van der Waals surface area contributed by atoms with Crippen LogP contribution in [0.4, 0.5) is 5.95 Å². The molecule has 1 heterocycles. The largest absolute Gasteiger partial charge is 0.434 e. The summed E-state index contributed by atoms with van der Waals surface area (Å²) < 4.78 is 1.24. The molecule has 8 nitrogen and oxygen atoms in total. The highest BCUT2D eigenvalue weighted by atomic mass is 16.6. The summed E-state index contributed by atoms with van der Waals surface area (Å²) in [4.78, 5) is 24.9. The SMILES string of the molecule is O=C(NCC(O)Cn1ccnc1[N+](=O)[O-])C1CC1. The molecule has 1 aliphatic carbocycles. The third kappa shape index (κ3) is 3.04. The van der Waals surface area contributed by atoms with Crippen LogP contribution in [0.1, 0.15) is 12.8 Å². The van der Waals surface area contributed by atoms with Crippen LogP contribution in [0.25, 0.3) is 0 Å². The second kappa shape index (κ2) is 5.13. The second-order valence-corrected chi connectivity index (χ2v) is 4.31. The van der Waals surface area contributed by atoms with Gasteiger partial charge in [-0.2, -0.15) is 0 Å². The smallest absolute Gasteiger partial charge is 0.390 e. The Balaban J connectivity index is 1.82. The molecule has 18 heavy (non-hydrogen) atoms. The van der Waals surface area contributed by atoms with Gasteiger partial charge in [-0.15, -0.1) is 0 Å². The minimum absolute atomic E-state index is 0.0290. The third-order valence-corrected chi connectivity index (χ3v) is 2.72. The highest BCUT2D eigenvalue weighted by Gasteiger charge is 2.29. The van der Waals surface area contributed by atoms with Crippen molar-refractivity contribution in [1.82, 2.24) is 14.9 Å². The predicted molar refractivity (Wildman–Crippen MR) is 60.6 cm³/mol. The first-order valence-electron chi connectivity index (χ1n) is 5.69. The number of hydrogen-bond donors (Lipinski definition) is 2. The lowest BCUT2D eigenvalue weighted by Gasteiger charge is -2.10. The van der Waals surface area contributed by atoms with E-state index in [0.717, 1.165) is 12.8 Å². The molecule has 1 aromatic heterocycles. The van der Waals surface area contributed by atoms with Crippen LogP contribution in [0.3, 0.4) is 0 Å². The minimum Gasteiger partial charge on any atom is -0.390 e. The van der Waals surface area contributed by atoms with Crippen molar-refractivity contribution in [1.29, 1.82) is 0 Å². The first-order valence-corrected chi connectivity index (χ1v) is 5.69. The van der Waals surface area contributed by atoms with Gasteiger partial charge >= 0.3 is 5.95 Å². The number of aromatic nitrogens is 2. The molecule has 0 saturated heterocycles. The maximum absolute atomic E-state index is 11.3. The number of nitrogens with zero attached hydrogens (tertiary/aromatic N) is 3. The van der Waals surface area contributed by atoms with E-state index < -0.39 is 11.0 Å². The van der Waals surface area contributed by atoms with Crippen molar-refractivity contribution < 1.29 is 14.8 Å². The summed E-state index contributed by atoms with van der Waals surface area (Å²) in [6.07, 6.45) is 3.64. The number of hydrogen-bond acceptors (Lipinski definition) is 5. The van der Waals surface area contributed by atoms with Gasteiger partial charge in [-0.25, -0.2) is 4.57 Å². The van der Waals surface area contributed by atoms with Crippen molar-refractivity contribution >= 4 is 11.9 Å². The zero-order valence-electron chi connectivity index (χ0n) is 9.65. The van der Waals surface area contributed by atoms with E-state index in [1.54, 1.807) is 0 Å². The van der Waals surface area contributed by atoms with Gasteiger partial charge in [0.2, 0.25) is 5.91 Å². The zero-order valence-corrected chi connectivity index (χ0v) is 9.65. The summed E-state index contributed by atoms with van der Waals surface area (Å²) in [5, 5.41) is 22.9. The van der Waals surface area contributed by atoms with Crippen molar-refractivity contribution in [2.24, 2.45) is 5.92 Å². The van der Waals surface area contributed by atoms with E-state index in [0.29, 0.717) is 0 Å². The van der Waals surface area contributed by atoms with Crippen LogP contribution in [0.5, 0.6) is 0 Å². The van der Waals surface area contributed by atoms with Crippen LogP contribution < -0.4 is 5.32 Å². The summed E-state index contributed by atoms with van der Waals surface area (Å²) in [6.45, 7) is 0.117. The van der Waals surface area contributed by atoms with Gasteiger partial charge in [0.25, 0.3) is 0 Å². The maximum atomic E-state index is 11.3. The average Bonchev–Trinajstić information content (AvgIpc) is 3.07. The van der Waals surface area contributed by atoms with Crippen LogP contribution in [0.15, 0.2) is 12.4 Å². The molecule has 1 aromatic rings. The highest BCUT2D eigenvalue weighted by Crippen LogP contribution is 2.28. The van der Waals surface area contributed by atoms with Crippen LogP contribution >= 0.6 is 0 Å². The van der Waals surface area contributed by atoms with Gasteiger partial charge in [0.05, 0.1) is 6.54 Å². The van der Waals surface area contributed by atoms with E-state index in [2.05, 4.69) is 10.3 Å². The molecule has 0 aromatic carbocycles. The molecule has 8 heteroatoms. The Hall–Kier alpha value is -1.96. The van der Waals surface area contributed by atoms with Crippen molar-refractivity contribution in [3.63, 3.8) is 0 Å². The Morgan fingerprint density at radius 2 is 2.44 bits per heavy atom. The maximum Gasteiger partial charge on any atom is 0.434 e. The van der Waals surface area contributed by atoms with E-state index in [9.17, 15) is 20.0 Å². The van der Waals surface area contributed by atoms with Gasteiger partial charge in [0.1, 0.15) is 18.5 Å². The molecule has 0 aliphatic heterocycles. The number of rotatable bonds is 6. The molecule has 0 spiro atoms. The van der Waals surface area contributed by atoms with Gasteiger partial charge in [0.15, 0.2) is 0 Å². The van der Waals surface area contributed by atoms with Crippen LogP contribution in [0, 0.1) is 16.0 Å². The van der Waals surface area contributed by atoms with E-state index in [4.69, 9.17) is 0 Å². The molecule has 1 fully saturated rings. The number of nitro groups is 1. The lowest BCUT2D eigenvalue weighted by atomic mass is 10.3. The molecular formula is C10H14N4O4. The molecule has 1 amide bonds. The summed E-state index contributed by atoms with van der Waals surface area (Å²) in [5.74, 6) is -0.295. The van der Waals surface area contributed by atoms with Gasteiger partial charge in [0, 0.05) is 12.5 Å². The van der Waals surface area contributed by atoms with Crippen LogP contribution in [-0.4, -0.2) is 38.1 Å². The highest BCUT2D eigenvalue weighted by molar-refractivity contribution is 5.80. The van der Waals surface area contributed by atoms with Crippen LogP contribution in [0.2, 0.25) is 0 Å². The molecule has 0 radical (unpaired) electrons. The average molecular weight is 254 g/mol. The lowest BCUT2D eigenvalue weighted by Crippen LogP contribution is -2.35. The Kier molecular flexibility index (Phi) is 3.56. The van der Waals surface area contributed by atoms with E-state index in [-0.39, 0.29) is 30.9 Å². The molecule has 2 N–H and O–H groups in total. The number of imidazole rings is 1. The molecule has 2 rings (SSSR count). The lowest BCUT2D eigenvalue weighted by molar-refractivity contribution is -0.397. The van der Waals surface area contributed by atoms with E-state index >= 15 is 0 Å². The predicted octanol–water partition coefficient (Wildman–Crippen LogP) is -0.322. The summed E-state index contributed by atoms with van der Waals surface area (Å²) in [5.41, 5.74) is 0. The molecule has 1 saturated carbocycles. The van der Waals surface area contributed by atoms with Crippen molar-refractivity contribution in [3.8, 4) is 0 Å². The molecule has 0 bridgehead atoms. The molecule has 1 unspecified atom stereocenters. The van der Waals surface area contributed by atoms with Gasteiger partial charge in [-0.3, -0.25) is 4.79 Å². The molecule has 1 aliphatic rings. The van der Waals surface area contributed by atoms with E-state index in [1.165, 1.54) is 17.0 Å². The fourth-order valence-electron chi connectivity index (χ4n) is 1.62. The Morgan fingerprint density at radius 3 is 3.06 bits per heavy atom. The first kappa shape index (κ1) is 12.5. The monoisotopic (exact) mass is 254 g/mol. The van der Waals surface area contributed by atoms with Gasteiger partial charge in [-0.05, 0) is 17.8 Å². The topological polar surface area (TPSA) is 110 Å². The molecular weight excluding hydrogens is 240 g/mol. The standard InChI is InChI=1S/C10H14N4O4/c15-8(5-12-9(16)7-1-2-7)6-13-4-3-11-10(13)14(17)18/h3-4,7-8,15H,1-2,5-6H2,(H,12,16). The fourth-order valence-corrected chi connectivity index (χ4v) is 1.62. The third-order valence-electron chi connectivity index (χ3n) is 2.72. The minimum atomic E-state index is -0.874. The molecule has 98 valence electrons. The summed E-state index contributed by atoms with van der Waals surface area (Å²) >= 11 is 0. The van der Waals surface area contributed by atoms with Gasteiger partial charge < -0.3 is 20.5 Å². The number of aliphatic hydroxyl groups excluding tert-OH is 1. The molecule has 1 atom stereocenters. The zero-order chi connectivity index (χ0) is 13.1. The van der Waals surface area contributed by atoms with Crippen LogP contribution in [-0.2, 0) is 11.3 Å². The fraction of sp³-hybridized carbons (Fsp3) is 0.600. The number of amides is 1. The van der Waals surface area contributed by atoms with Crippen molar-refractivity contribution in [2.75, 3.05) is 6.54 Å². The quantitative estimate of drug-likeness (QED) is 0.534. The van der Waals surface area contributed by atoms with Crippen molar-refractivity contribution in [3.05, 3.63) is 22.5 Å². The Morgan fingerprint density at radius 1 is 1.72 bits per heavy atom. The second-order valence-electron chi connectivity index (χ2n) is 4.31. The summed E-state index contributed by atoms with van der Waals surface area (Å²) in [6, 6.07) is 0. The number of carbonyl (C=O) groups is 1. The number of aliphatic hydroxyl groups is 1. The Labute approximate surface area is 103 Å². The first-order chi connectivity index (χ1) is 8.58. The van der Waals surface area contributed by atoms with Gasteiger partial charge in [-0.1, -0.05) is 4.98 Å². The van der Waals surface area contributed by atoms with Crippen molar-refractivity contribution in [2.45, 2.75) is 25.5 Å². The number of nitrogens with one attached hydrogen (secondary N) is 1. The normalized spacial score (nSPS) is 16.3. The number of carbonyl (C=O) groups excluding carboxylic acids is 1.